The number of nitrogens with one attached hydrogen (secondary N) is 2. The van der Waals surface area contributed by atoms with E-state index in [2.05, 4.69) is 52.5 Å². The first-order chi connectivity index (χ1) is 9.82. The predicted molar refractivity (Wildman–Crippen MR) is 81.7 cm³/mol. The lowest BCUT2D eigenvalue weighted by molar-refractivity contribution is -0.138. The van der Waals surface area contributed by atoms with Crippen LogP contribution in [0.3, 0.4) is 0 Å². The zero-order valence-corrected chi connectivity index (χ0v) is 13.8. The van der Waals surface area contributed by atoms with Crippen molar-refractivity contribution in [3.8, 4) is 0 Å². The van der Waals surface area contributed by atoms with Crippen LogP contribution in [0, 0.1) is 0 Å². The number of rotatable bonds is 3. The van der Waals surface area contributed by atoms with Crippen molar-refractivity contribution >= 4 is 49.2 Å². The summed E-state index contributed by atoms with van der Waals surface area (Å²) in [5.74, 6) is 0.894. The lowest BCUT2D eigenvalue weighted by Crippen LogP contribution is -2.07. The highest BCUT2D eigenvalue weighted by atomic mass is 79.9. The first-order valence-corrected chi connectivity index (χ1v) is 7.23. The summed E-state index contributed by atoms with van der Waals surface area (Å²) in [5.41, 5.74) is -0.488. The molecule has 112 valence electrons. The van der Waals surface area contributed by atoms with Crippen LogP contribution in [-0.2, 0) is 6.18 Å². The third-order valence-electron chi connectivity index (χ3n) is 2.56. The highest BCUT2D eigenvalue weighted by molar-refractivity contribution is 9.11. The van der Waals surface area contributed by atoms with Crippen LogP contribution in [0.4, 0.5) is 30.5 Å². The number of hydrogen-bond donors (Lipinski definition) is 2. The minimum Gasteiger partial charge on any atom is -0.372 e. The Hall–Kier alpha value is -1.35. The van der Waals surface area contributed by atoms with Crippen LogP contribution in [0.5, 0.6) is 0 Å². The molecule has 0 aliphatic carbocycles. The first-order valence-electron chi connectivity index (χ1n) is 5.65. The Morgan fingerprint density at radius 2 is 1.76 bits per heavy atom. The average Bonchev–Trinajstić information content (AvgIpc) is 2.42. The SMILES string of the molecule is CNc1ncnc(Nc2ccc(Br)c(C(F)(F)F)c2)c1Br. The van der Waals surface area contributed by atoms with Gasteiger partial charge in [0.05, 0.1) is 5.56 Å². The summed E-state index contributed by atoms with van der Waals surface area (Å²) in [6.45, 7) is 0. The van der Waals surface area contributed by atoms with Gasteiger partial charge in [0.25, 0.3) is 0 Å². The van der Waals surface area contributed by atoms with Gasteiger partial charge in [-0.2, -0.15) is 13.2 Å². The van der Waals surface area contributed by atoms with Crippen molar-refractivity contribution in [2.75, 3.05) is 17.7 Å². The molecule has 0 radical (unpaired) electrons. The molecule has 4 nitrogen and oxygen atoms in total. The normalized spacial score (nSPS) is 11.3. The molecule has 1 aromatic carbocycles. The van der Waals surface area contributed by atoms with Gasteiger partial charge in [-0.25, -0.2) is 9.97 Å². The average molecular weight is 426 g/mol. The van der Waals surface area contributed by atoms with Crippen LogP contribution in [0.15, 0.2) is 33.5 Å². The quantitative estimate of drug-likeness (QED) is 0.741. The maximum Gasteiger partial charge on any atom is 0.417 e. The highest BCUT2D eigenvalue weighted by Crippen LogP contribution is 2.37. The van der Waals surface area contributed by atoms with E-state index >= 15 is 0 Å². The number of halogens is 5. The second kappa shape index (κ2) is 6.18. The van der Waals surface area contributed by atoms with Crippen molar-refractivity contribution in [1.82, 2.24) is 9.97 Å². The molecule has 1 heterocycles. The highest BCUT2D eigenvalue weighted by Gasteiger charge is 2.33. The third kappa shape index (κ3) is 3.65. The van der Waals surface area contributed by atoms with Gasteiger partial charge in [-0.05, 0) is 34.1 Å². The Balaban J connectivity index is 2.37. The number of hydrogen-bond acceptors (Lipinski definition) is 4. The first kappa shape index (κ1) is 16.0. The Morgan fingerprint density at radius 1 is 1.10 bits per heavy atom. The largest absolute Gasteiger partial charge is 0.417 e. The van der Waals surface area contributed by atoms with Crippen molar-refractivity contribution in [2.45, 2.75) is 6.18 Å². The summed E-state index contributed by atoms with van der Waals surface area (Å²) in [6.07, 6.45) is -3.13. The van der Waals surface area contributed by atoms with E-state index in [1.54, 1.807) is 7.05 Å². The lowest BCUT2D eigenvalue weighted by atomic mass is 10.2. The summed E-state index contributed by atoms with van der Waals surface area (Å²) in [6, 6.07) is 3.86. The van der Waals surface area contributed by atoms with E-state index in [1.807, 2.05) is 0 Å². The van der Waals surface area contributed by atoms with Gasteiger partial charge in [0, 0.05) is 17.2 Å². The molecule has 0 amide bonds. The Labute approximate surface area is 135 Å². The van der Waals surface area contributed by atoms with E-state index < -0.39 is 11.7 Å². The molecule has 1 aromatic heterocycles. The standard InChI is InChI=1S/C12H9Br2F3N4/c1-18-10-9(14)11(20-5-19-10)21-6-2-3-8(13)7(4-6)12(15,16)17/h2-5H,1H3,(H2,18,19,20,21). The van der Waals surface area contributed by atoms with Gasteiger partial charge in [-0.1, -0.05) is 15.9 Å². The Kier molecular flexibility index (Phi) is 4.72. The van der Waals surface area contributed by atoms with Crippen LogP contribution in [-0.4, -0.2) is 17.0 Å². The van der Waals surface area contributed by atoms with E-state index in [9.17, 15) is 13.2 Å². The fraction of sp³-hybridized carbons (Fsp3) is 0.167. The summed E-state index contributed by atoms with van der Waals surface area (Å²) in [7, 11) is 1.68. The summed E-state index contributed by atoms with van der Waals surface area (Å²) >= 11 is 6.19. The smallest absolute Gasteiger partial charge is 0.372 e. The molecule has 0 bridgehead atoms. The van der Waals surface area contributed by atoms with Crippen molar-refractivity contribution in [3.05, 3.63) is 39.0 Å². The van der Waals surface area contributed by atoms with Crippen LogP contribution in [0.25, 0.3) is 0 Å². The van der Waals surface area contributed by atoms with Gasteiger partial charge < -0.3 is 10.6 Å². The molecule has 0 aliphatic rings. The van der Waals surface area contributed by atoms with Crippen LogP contribution in [0.2, 0.25) is 0 Å². The monoisotopic (exact) mass is 424 g/mol. The zero-order valence-electron chi connectivity index (χ0n) is 10.6. The summed E-state index contributed by atoms with van der Waals surface area (Å²) < 4.78 is 39.1. The van der Waals surface area contributed by atoms with Gasteiger partial charge in [-0.3, -0.25) is 0 Å². The molecule has 0 saturated heterocycles. The predicted octanol–water partition coefficient (Wildman–Crippen LogP) is 4.81. The maximum absolute atomic E-state index is 12.9. The Bertz CT molecular complexity index is 661. The molecule has 0 unspecified atom stereocenters. The topological polar surface area (TPSA) is 49.8 Å². The molecule has 0 atom stereocenters. The molecule has 2 N–H and O–H groups in total. The molecule has 2 rings (SSSR count). The van der Waals surface area contributed by atoms with Crippen LogP contribution >= 0.6 is 31.9 Å². The van der Waals surface area contributed by atoms with Crippen molar-refractivity contribution < 1.29 is 13.2 Å². The van der Waals surface area contributed by atoms with Gasteiger partial charge >= 0.3 is 6.18 Å². The summed E-state index contributed by atoms with van der Waals surface area (Å²) in [4.78, 5) is 7.97. The lowest BCUT2D eigenvalue weighted by Gasteiger charge is -2.13. The molecule has 0 fully saturated rings. The fourth-order valence-electron chi connectivity index (χ4n) is 1.59. The zero-order chi connectivity index (χ0) is 15.6. The van der Waals surface area contributed by atoms with Crippen molar-refractivity contribution in [3.63, 3.8) is 0 Å². The molecule has 0 spiro atoms. The fourth-order valence-corrected chi connectivity index (χ4v) is 2.56. The van der Waals surface area contributed by atoms with Crippen LogP contribution < -0.4 is 10.6 Å². The number of nitrogens with zero attached hydrogens (tertiary/aromatic N) is 2. The molecule has 0 saturated carbocycles. The van der Waals surface area contributed by atoms with E-state index in [1.165, 1.54) is 18.5 Å². The number of alkyl halides is 3. The molecule has 0 aliphatic heterocycles. The van der Waals surface area contributed by atoms with E-state index in [0.29, 0.717) is 16.1 Å². The minimum absolute atomic E-state index is 0.0155. The second-order valence-electron chi connectivity index (χ2n) is 3.95. The third-order valence-corrected chi connectivity index (χ3v) is 4.00. The van der Waals surface area contributed by atoms with Gasteiger partial charge in [0.2, 0.25) is 0 Å². The minimum atomic E-state index is -4.43. The Morgan fingerprint density at radius 3 is 2.38 bits per heavy atom. The second-order valence-corrected chi connectivity index (χ2v) is 5.60. The van der Waals surface area contributed by atoms with Gasteiger partial charge in [-0.15, -0.1) is 0 Å². The number of benzene rings is 1. The van der Waals surface area contributed by atoms with E-state index in [0.717, 1.165) is 6.07 Å². The van der Waals surface area contributed by atoms with Crippen molar-refractivity contribution in [1.29, 1.82) is 0 Å². The molecular weight excluding hydrogens is 417 g/mol. The molecule has 9 heteroatoms. The number of anilines is 3. The number of aromatic nitrogens is 2. The summed E-state index contributed by atoms with van der Waals surface area (Å²) in [5, 5.41) is 5.67. The maximum atomic E-state index is 12.9. The molecule has 2 aromatic rings. The van der Waals surface area contributed by atoms with Gasteiger partial charge in [0.15, 0.2) is 0 Å². The molecule has 21 heavy (non-hydrogen) atoms. The van der Waals surface area contributed by atoms with Crippen molar-refractivity contribution in [2.24, 2.45) is 0 Å². The van der Waals surface area contributed by atoms with E-state index in [4.69, 9.17) is 0 Å². The van der Waals surface area contributed by atoms with Crippen LogP contribution in [0.1, 0.15) is 5.56 Å². The van der Waals surface area contributed by atoms with E-state index in [-0.39, 0.29) is 10.2 Å². The molecular formula is C12H9Br2F3N4. The van der Waals surface area contributed by atoms with Gasteiger partial charge in [0.1, 0.15) is 22.4 Å².